The Morgan fingerprint density at radius 1 is 1.25 bits per heavy atom. The second kappa shape index (κ2) is 7.94. The zero-order chi connectivity index (χ0) is 12.1. The number of hydrogen-bond donors (Lipinski definition) is 0. The molecule has 0 aromatic carbocycles. The third-order valence-electron chi connectivity index (χ3n) is 1.70. The van der Waals surface area contributed by atoms with Crippen molar-refractivity contribution in [2.75, 3.05) is 0 Å². The van der Waals surface area contributed by atoms with Crippen LogP contribution < -0.4 is 0 Å². The number of hydrogen-bond acceptors (Lipinski definition) is 1. The van der Waals surface area contributed by atoms with Gasteiger partial charge < -0.3 is 10.3 Å². The normalized spacial score (nSPS) is 14.6. The molecule has 16 heavy (non-hydrogen) atoms. The van der Waals surface area contributed by atoms with E-state index >= 15 is 0 Å². The zero-order valence-corrected chi connectivity index (χ0v) is 10.9. The van der Waals surface area contributed by atoms with Crippen molar-refractivity contribution in [2.24, 2.45) is 4.99 Å². The van der Waals surface area contributed by atoms with Crippen LogP contribution in [0.1, 0.15) is 40.5 Å². The van der Waals surface area contributed by atoms with E-state index in [-0.39, 0.29) is 22.5 Å². The minimum absolute atomic E-state index is 0. The van der Waals surface area contributed by atoms with E-state index in [2.05, 4.69) is 10.3 Å². The summed E-state index contributed by atoms with van der Waals surface area (Å²) in [6.45, 7) is 6.59. The molecule has 0 aliphatic carbocycles. The van der Waals surface area contributed by atoms with E-state index in [1.165, 1.54) is 0 Å². The van der Waals surface area contributed by atoms with Crippen LogP contribution in [0, 0.1) is 0 Å². The predicted molar refractivity (Wildman–Crippen MR) is 56.4 cm³/mol. The van der Waals surface area contributed by atoms with Crippen LogP contribution in [-0.2, 0) is 16.5 Å². The van der Waals surface area contributed by atoms with Crippen molar-refractivity contribution in [1.82, 2.24) is 0 Å². The summed E-state index contributed by atoms with van der Waals surface area (Å²) in [6.07, 6.45) is -3.02. The Balaban J connectivity index is 0. The van der Waals surface area contributed by atoms with Crippen LogP contribution in [-0.4, -0.2) is 24.1 Å². The molecular weight excluding hydrogens is 264 g/mol. The first-order chi connectivity index (χ1) is 6.77. The van der Waals surface area contributed by atoms with E-state index in [1.54, 1.807) is 0 Å². The van der Waals surface area contributed by atoms with Gasteiger partial charge in [0.1, 0.15) is 0 Å². The molecule has 0 saturated heterocycles. The predicted octanol–water partition coefficient (Wildman–Crippen LogP) is 3.92. The molecule has 0 bridgehead atoms. The Morgan fingerprint density at radius 3 is 2.06 bits per heavy atom. The molecule has 0 radical (unpaired) electrons. The van der Waals surface area contributed by atoms with Gasteiger partial charge in [-0.2, -0.15) is 13.2 Å². The van der Waals surface area contributed by atoms with Gasteiger partial charge in [-0.15, -0.1) is 0 Å². The fraction of sp³-hybridized carbons (Fsp3) is 0.900. The molecule has 0 fully saturated rings. The van der Waals surface area contributed by atoms with E-state index in [0.717, 1.165) is 13.3 Å². The summed E-state index contributed by atoms with van der Waals surface area (Å²) in [5.41, 5.74) is 0. The van der Waals surface area contributed by atoms with Gasteiger partial charge in [-0.25, -0.2) is 0 Å². The van der Waals surface area contributed by atoms with Crippen LogP contribution in [0.3, 0.4) is 0 Å². The van der Waals surface area contributed by atoms with Crippen LogP contribution in [0.15, 0.2) is 4.99 Å². The molecule has 0 rings (SSSR count). The summed E-state index contributed by atoms with van der Waals surface area (Å²) in [6, 6.07) is -1.68. The summed E-state index contributed by atoms with van der Waals surface area (Å²) < 4.78 is 36.7. The van der Waals surface area contributed by atoms with Gasteiger partial charge in [0.2, 0.25) is 0 Å². The second-order valence-electron chi connectivity index (χ2n) is 3.74. The summed E-state index contributed by atoms with van der Waals surface area (Å²) >= 11 is 0. The van der Waals surface area contributed by atoms with Crippen molar-refractivity contribution in [2.45, 2.75) is 58.8 Å². The molecule has 6 heteroatoms. The van der Waals surface area contributed by atoms with Crippen molar-refractivity contribution >= 4 is 5.84 Å². The maximum absolute atomic E-state index is 12.2. The van der Waals surface area contributed by atoms with Gasteiger partial charge in [-0.3, -0.25) is 0 Å². The molecule has 0 saturated carbocycles. The average molecular weight is 282 g/mol. The Hall–Kier alpha value is -0.246. The Morgan fingerprint density at radius 2 is 1.75 bits per heavy atom. The maximum atomic E-state index is 12.2. The molecular formula is C10H18F3N2Ni-. The molecule has 100 valence electrons. The van der Waals surface area contributed by atoms with Gasteiger partial charge >= 0.3 is 6.18 Å². The first-order valence-electron chi connectivity index (χ1n) is 5.11. The van der Waals surface area contributed by atoms with Crippen LogP contribution in [0.4, 0.5) is 13.2 Å². The topological polar surface area (TPSA) is 26.5 Å². The number of amidine groups is 1. The second-order valence-corrected chi connectivity index (χ2v) is 3.74. The monoisotopic (exact) mass is 281 g/mol. The van der Waals surface area contributed by atoms with Gasteiger partial charge in [0.05, 0.1) is 6.04 Å². The van der Waals surface area contributed by atoms with Crippen LogP contribution >= 0.6 is 0 Å². The standard InChI is InChI=1S/C10H18F3N2.Ni/c1-5-6-9(14-7(2)3)15-8(4)10(11,12)13;/h7-8H,5-6H2,1-4H3;/q-1;. The van der Waals surface area contributed by atoms with Crippen molar-refractivity contribution in [3.8, 4) is 0 Å². The molecule has 0 heterocycles. The largest absolute Gasteiger partial charge is 0.466 e. The van der Waals surface area contributed by atoms with Crippen molar-refractivity contribution in [3.63, 3.8) is 0 Å². The number of rotatable bonds is 4. The molecule has 0 aliphatic rings. The van der Waals surface area contributed by atoms with E-state index in [9.17, 15) is 13.2 Å². The number of halogens is 3. The van der Waals surface area contributed by atoms with Gasteiger partial charge in [0.15, 0.2) is 0 Å². The third-order valence-corrected chi connectivity index (χ3v) is 1.70. The number of nitrogens with zero attached hydrogens (tertiary/aromatic N) is 2. The van der Waals surface area contributed by atoms with Gasteiger partial charge in [-0.1, -0.05) is 40.0 Å². The van der Waals surface area contributed by atoms with E-state index in [0.29, 0.717) is 12.3 Å². The Bertz CT molecular complexity index is 215. The molecule has 0 aromatic heterocycles. The van der Waals surface area contributed by atoms with E-state index in [4.69, 9.17) is 0 Å². The molecule has 2 nitrogen and oxygen atoms in total. The molecule has 0 N–H and O–H groups in total. The minimum atomic E-state index is -4.27. The molecule has 0 aromatic rings. The average Bonchev–Trinajstić information content (AvgIpc) is 2.01. The van der Waals surface area contributed by atoms with Crippen LogP contribution in [0.25, 0.3) is 5.32 Å². The number of alkyl halides is 3. The zero-order valence-electron chi connectivity index (χ0n) is 9.91. The quantitative estimate of drug-likeness (QED) is 0.424. The fourth-order valence-corrected chi connectivity index (χ4v) is 0.981. The molecule has 1 unspecified atom stereocenters. The van der Waals surface area contributed by atoms with Crippen molar-refractivity contribution < 1.29 is 29.7 Å². The third kappa shape index (κ3) is 7.97. The van der Waals surface area contributed by atoms with Crippen molar-refractivity contribution in [3.05, 3.63) is 5.32 Å². The van der Waals surface area contributed by atoms with Crippen LogP contribution in [0.5, 0.6) is 0 Å². The van der Waals surface area contributed by atoms with E-state index < -0.39 is 12.2 Å². The number of aliphatic imine (C=N–C) groups is 1. The smallest absolute Gasteiger partial charge is 0.390 e. The summed E-state index contributed by atoms with van der Waals surface area (Å²) in [5.74, 6) is 0.317. The van der Waals surface area contributed by atoms with E-state index in [1.807, 2.05) is 20.8 Å². The summed E-state index contributed by atoms with van der Waals surface area (Å²) in [5, 5.41) is 3.60. The Kier molecular flexibility index (Phi) is 8.99. The molecule has 0 spiro atoms. The summed E-state index contributed by atoms with van der Waals surface area (Å²) in [7, 11) is 0. The first-order valence-corrected chi connectivity index (χ1v) is 5.11. The Labute approximate surface area is 105 Å². The molecule has 0 aliphatic heterocycles. The fourth-order valence-electron chi connectivity index (χ4n) is 0.981. The van der Waals surface area contributed by atoms with Gasteiger partial charge in [-0.05, 0) is 12.5 Å². The van der Waals surface area contributed by atoms with Crippen molar-refractivity contribution in [1.29, 1.82) is 0 Å². The molecule has 1 atom stereocenters. The minimum Gasteiger partial charge on any atom is -0.466 e. The van der Waals surface area contributed by atoms with Gasteiger partial charge in [0, 0.05) is 16.5 Å². The SMILES string of the molecule is CCCC(=NC(C)C)[N-]C(C)C(F)(F)F.[Ni]. The first kappa shape index (κ1) is 18.1. The molecule has 0 amide bonds. The van der Waals surface area contributed by atoms with Crippen LogP contribution in [0.2, 0.25) is 0 Å². The van der Waals surface area contributed by atoms with Gasteiger partial charge in [0.25, 0.3) is 0 Å². The summed E-state index contributed by atoms with van der Waals surface area (Å²) in [4.78, 5) is 4.07. The maximum Gasteiger partial charge on any atom is 0.390 e.